The van der Waals surface area contributed by atoms with Crippen molar-refractivity contribution in [1.29, 1.82) is 0 Å². The number of halogens is 2. The van der Waals surface area contributed by atoms with Crippen molar-refractivity contribution in [3.8, 4) is 5.75 Å². The summed E-state index contributed by atoms with van der Waals surface area (Å²) in [5.41, 5.74) is 0. The zero-order valence-electron chi connectivity index (χ0n) is 10.4. The van der Waals surface area contributed by atoms with Crippen molar-refractivity contribution in [2.24, 2.45) is 5.92 Å². The molecule has 1 saturated carbocycles. The lowest BCUT2D eigenvalue weighted by molar-refractivity contribution is 0.305. The number of benzene rings is 1. The Morgan fingerprint density at radius 1 is 1.11 bits per heavy atom. The minimum Gasteiger partial charge on any atom is -0.492 e. The van der Waals surface area contributed by atoms with Crippen LogP contribution in [0.1, 0.15) is 25.7 Å². The van der Waals surface area contributed by atoms with Gasteiger partial charge < -0.3 is 10.1 Å². The molecule has 0 aliphatic heterocycles. The van der Waals surface area contributed by atoms with Crippen LogP contribution in [-0.4, -0.2) is 19.7 Å². The van der Waals surface area contributed by atoms with Crippen LogP contribution in [0.25, 0.3) is 0 Å². The summed E-state index contributed by atoms with van der Waals surface area (Å²) in [6.07, 6.45) is 5.29. The Hall–Kier alpha value is -1.16. The predicted octanol–water partition coefficient (Wildman–Crippen LogP) is 3.12. The van der Waals surface area contributed by atoms with Crippen molar-refractivity contribution in [2.45, 2.75) is 25.7 Å². The summed E-state index contributed by atoms with van der Waals surface area (Å²) in [6, 6.07) is 3.23. The molecule has 2 rings (SSSR count). The van der Waals surface area contributed by atoms with Crippen molar-refractivity contribution >= 4 is 0 Å². The molecular weight excluding hydrogens is 236 g/mol. The Bertz CT molecular complexity index is 358. The van der Waals surface area contributed by atoms with Crippen LogP contribution < -0.4 is 10.1 Å². The van der Waals surface area contributed by atoms with Crippen LogP contribution in [0.15, 0.2) is 18.2 Å². The van der Waals surface area contributed by atoms with Gasteiger partial charge in [-0.3, -0.25) is 0 Å². The molecular formula is C14H19F2NO. The summed E-state index contributed by atoms with van der Waals surface area (Å²) in [6.45, 7) is 2.14. The zero-order valence-corrected chi connectivity index (χ0v) is 10.4. The third-order valence-electron chi connectivity index (χ3n) is 3.29. The monoisotopic (exact) mass is 255 g/mol. The van der Waals surface area contributed by atoms with Crippen molar-refractivity contribution in [2.75, 3.05) is 19.7 Å². The summed E-state index contributed by atoms with van der Waals surface area (Å²) in [7, 11) is 0. The number of ether oxygens (including phenoxy) is 1. The molecule has 0 aromatic heterocycles. The normalized spacial score (nSPS) is 16.1. The summed E-state index contributed by atoms with van der Waals surface area (Å²) >= 11 is 0. The molecule has 0 saturated heterocycles. The topological polar surface area (TPSA) is 21.3 Å². The lowest BCUT2D eigenvalue weighted by Gasteiger charge is -2.11. The summed E-state index contributed by atoms with van der Waals surface area (Å²) in [5.74, 6) is -0.181. The second kappa shape index (κ2) is 6.69. The van der Waals surface area contributed by atoms with Gasteiger partial charge in [-0.05, 0) is 25.3 Å². The van der Waals surface area contributed by atoms with E-state index in [1.165, 1.54) is 37.8 Å². The van der Waals surface area contributed by atoms with Crippen molar-refractivity contribution in [1.82, 2.24) is 5.32 Å². The minimum atomic E-state index is -0.607. The van der Waals surface area contributed by atoms with Crippen LogP contribution in [0.5, 0.6) is 5.75 Å². The van der Waals surface area contributed by atoms with Gasteiger partial charge in [0.25, 0.3) is 0 Å². The van der Waals surface area contributed by atoms with Crippen LogP contribution in [0, 0.1) is 17.6 Å². The van der Waals surface area contributed by atoms with Crippen molar-refractivity contribution in [3.63, 3.8) is 0 Å². The molecule has 0 unspecified atom stereocenters. The standard InChI is InChI=1S/C14H19F2NO/c15-12-7-13(16)9-14(8-12)18-6-5-17-10-11-3-1-2-4-11/h7-9,11,17H,1-6,10H2. The molecule has 1 fully saturated rings. The Kier molecular flexibility index (Phi) is 4.93. The minimum absolute atomic E-state index is 0.246. The van der Waals surface area contributed by atoms with Gasteiger partial charge in [0.1, 0.15) is 24.0 Å². The molecule has 0 amide bonds. The third-order valence-corrected chi connectivity index (χ3v) is 3.29. The highest BCUT2D eigenvalue weighted by atomic mass is 19.1. The maximum Gasteiger partial charge on any atom is 0.129 e. The molecule has 0 bridgehead atoms. The predicted molar refractivity (Wildman–Crippen MR) is 66.7 cm³/mol. The molecule has 18 heavy (non-hydrogen) atoms. The Morgan fingerprint density at radius 2 is 1.78 bits per heavy atom. The highest BCUT2D eigenvalue weighted by Crippen LogP contribution is 2.23. The van der Waals surface area contributed by atoms with E-state index in [9.17, 15) is 8.78 Å². The van der Waals surface area contributed by atoms with E-state index in [2.05, 4.69) is 5.32 Å². The molecule has 1 aliphatic rings. The zero-order chi connectivity index (χ0) is 12.8. The highest BCUT2D eigenvalue weighted by molar-refractivity contribution is 5.23. The first-order valence-corrected chi connectivity index (χ1v) is 6.53. The number of hydrogen-bond donors (Lipinski definition) is 1. The molecule has 1 aromatic rings. The molecule has 1 aromatic carbocycles. The quantitative estimate of drug-likeness (QED) is 0.789. The smallest absolute Gasteiger partial charge is 0.129 e. The second-order valence-corrected chi connectivity index (χ2v) is 4.81. The van der Waals surface area contributed by atoms with E-state index >= 15 is 0 Å². The molecule has 0 heterocycles. The lowest BCUT2D eigenvalue weighted by Crippen LogP contribution is -2.26. The third kappa shape index (κ3) is 4.26. The highest BCUT2D eigenvalue weighted by Gasteiger charge is 2.13. The number of hydrogen-bond acceptors (Lipinski definition) is 2. The van der Waals surface area contributed by atoms with Gasteiger partial charge in [-0.15, -0.1) is 0 Å². The van der Waals surface area contributed by atoms with Crippen molar-refractivity contribution < 1.29 is 13.5 Å². The fraction of sp³-hybridized carbons (Fsp3) is 0.571. The first-order valence-electron chi connectivity index (χ1n) is 6.53. The summed E-state index contributed by atoms with van der Waals surface area (Å²) in [4.78, 5) is 0. The molecule has 1 aliphatic carbocycles. The molecule has 2 nitrogen and oxygen atoms in total. The van der Waals surface area contributed by atoms with E-state index in [0.717, 1.165) is 18.5 Å². The molecule has 0 spiro atoms. The first-order chi connectivity index (χ1) is 8.74. The molecule has 0 radical (unpaired) electrons. The number of nitrogens with one attached hydrogen (secondary N) is 1. The average molecular weight is 255 g/mol. The fourth-order valence-corrected chi connectivity index (χ4v) is 2.37. The van der Waals surface area contributed by atoms with Crippen LogP contribution in [0.4, 0.5) is 8.78 Å². The van der Waals surface area contributed by atoms with Gasteiger partial charge in [-0.25, -0.2) is 8.78 Å². The summed E-state index contributed by atoms with van der Waals surface area (Å²) in [5, 5.41) is 3.31. The molecule has 100 valence electrons. The Labute approximate surface area is 106 Å². The van der Waals surface area contributed by atoms with E-state index < -0.39 is 11.6 Å². The van der Waals surface area contributed by atoms with E-state index in [0.29, 0.717) is 13.2 Å². The molecule has 0 atom stereocenters. The van der Waals surface area contributed by atoms with Crippen LogP contribution >= 0.6 is 0 Å². The molecule has 4 heteroatoms. The Morgan fingerprint density at radius 3 is 2.44 bits per heavy atom. The van der Waals surface area contributed by atoms with Crippen LogP contribution in [0.3, 0.4) is 0 Å². The fourth-order valence-electron chi connectivity index (χ4n) is 2.37. The van der Waals surface area contributed by atoms with E-state index in [-0.39, 0.29) is 5.75 Å². The van der Waals surface area contributed by atoms with E-state index in [1.807, 2.05) is 0 Å². The van der Waals surface area contributed by atoms with Gasteiger partial charge in [0.05, 0.1) is 0 Å². The van der Waals surface area contributed by atoms with Gasteiger partial charge in [-0.2, -0.15) is 0 Å². The SMILES string of the molecule is Fc1cc(F)cc(OCCNCC2CCCC2)c1. The largest absolute Gasteiger partial charge is 0.492 e. The lowest BCUT2D eigenvalue weighted by atomic mass is 10.1. The Balaban J connectivity index is 1.62. The van der Waals surface area contributed by atoms with Gasteiger partial charge in [-0.1, -0.05) is 12.8 Å². The van der Waals surface area contributed by atoms with Gasteiger partial charge in [0.2, 0.25) is 0 Å². The van der Waals surface area contributed by atoms with E-state index in [1.54, 1.807) is 0 Å². The van der Waals surface area contributed by atoms with Crippen LogP contribution in [0.2, 0.25) is 0 Å². The molecule has 1 N–H and O–H groups in total. The van der Waals surface area contributed by atoms with Gasteiger partial charge in [0, 0.05) is 24.7 Å². The van der Waals surface area contributed by atoms with Crippen LogP contribution in [-0.2, 0) is 0 Å². The van der Waals surface area contributed by atoms with Crippen molar-refractivity contribution in [3.05, 3.63) is 29.8 Å². The first kappa shape index (κ1) is 13.3. The number of rotatable bonds is 6. The van der Waals surface area contributed by atoms with Gasteiger partial charge >= 0.3 is 0 Å². The van der Waals surface area contributed by atoms with E-state index in [4.69, 9.17) is 4.74 Å². The van der Waals surface area contributed by atoms with Gasteiger partial charge in [0.15, 0.2) is 0 Å². The summed E-state index contributed by atoms with van der Waals surface area (Å²) < 4.78 is 31.0. The second-order valence-electron chi connectivity index (χ2n) is 4.81. The maximum atomic E-state index is 12.9. The average Bonchev–Trinajstić information content (AvgIpc) is 2.80. The maximum absolute atomic E-state index is 12.9.